The third-order valence-corrected chi connectivity index (χ3v) is 6.75. The van der Waals surface area contributed by atoms with E-state index in [4.69, 9.17) is 10.00 Å². The van der Waals surface area contributed by atoms with E-state index in [0.717, 1.165) is 63.7 Å². The van der Waals surface area contributed by atoms with Crippen molar-refractivity contribution in [2.45, 2.75) is 51.4 Å². The number of amides is 1. The number of esters is 1. The number of carbonyl (C=O) groups excluding carboxylic acids is 2. The minimum atomic E-state index is -0.351. The number of anilines is 1. The van der Waals surface area contributed by atoms with Gasteiger partial charge in [-0.05, 0) is 57.2 Å². The molecular formula is C20H27N3O3S. The van der Waals surface area contributed by atoms with Gasteiger partial charge in [-0.1, -0.05) is 6.42 Å². The molecule has 2 heterocycles. The molecule has 1 saturated heterocycles. The molecule has 1 aliphatic heterocycles. The Morgan fingerprint density at radius 3 is 2.70 bits per heavy atom. The summed E-state index contributed by atoms with van der Waals surface area (Å²) in [4.78, 5) is 28.6. The third-order valence-electron chi connectivity index (χ3n) is 5.55. The summed E-state index contributed by atoms with van der Waals surface area (Å²) >= 11 is 1.54. The first-order chi connectivity index (χ1) is 13.1. The zero-order chi connectivity index (χ0) is 19.2. The molecular weight excluding hydrogens is 362 g/mol. The molecule has 1 amide bonds. The molecule has 0 bridgehead atoms. The summed E-state index contributed by atoms with van der Waals surface area (Å²) in [6, 6.07) is 2.17. The number of hydrogen-bond acceptors (Lipinski definition) is 6. The second-order valence-electron chi connectivity index (χ2n) is 7.27. The van der Waals surface area contributed by atoms with Gasteiger partial charge in [0, 0.05) is 23.8 Å². The maximum atomic E-state index is 12.8. The van der Waals surface area contributed by atoms with Crippen molar-refractivity contribution in [3.05, 3.63) is 16.0 Å². The van der Waals surface area contributed by atoms with Crippen molar-refractivity contribution < 1.29 is 14.3 Å². The van der Waals surface area contributed by atoms with Gasteiger partial charge < -0.3 is 15.0 Å². The Kier molecular flexibility index (Phi) is 6.86. The van der Waals surface area contributed by atoms with Gasteiger partial charge in [-0.25, -0.2) is 4.79 Å². The monoisotopic (exact) mass is 389 g/mol. The normalized spacial score (nSPS) is 18.2. The summed E-state index contributed by atoms with van der Waals surface area (Å²) in [5, 5.41) is 12.4. The van der Waals surface area contributed by atoms with Crippen molar-refractivity contribution >= 4 is 28.2 Å². The highest BCUT2D eigenvalue weighted by molar-refractivity contribution is 7.17. The maximum Gasteiger partial charge on any atom is 0.341 e. The van der Waals surface area contributed by atoms with Gasteiger partial charge in [-0.3, -0.25) is 4.79 Å². The van der Waals surface area contributed by atoms with Gasteiger partial charge in [-0.2, -0.15) is 5.26 Å². The maximum absolute atomic E-state index is 12.8. The number of likely N-dealkylation sites (tertiary alicyclic amines) is 1. The smallest absolute Gasteiger partial charge is 0.341 e. The molecule has 0 atom stereocenters. The molecule has 0 aromatic carbocycles. The Morgan fingerprint density at radius 1 is 1.26 bits per heavy atom. The molecule has 0 unspecified atom stereocenters. The standard InChI is InChI=1S/C20H27N3O3S/c1-26-20(25)17-15-6-3-2-4-7-16(15)27-19(17)22-18(24)14-8-12-23(13-9-14)11-5-10-21/h14H,2-9,11-13H2,1H3,(H,22,24). The molecule has 1 aliphatic carbocycles. The van der Waals surface area contributed by atoms with Crippen LogP contribution in [0.1, 0.15) is 59.3 Å². The number of piperidine rings is 1. The van der Waals surface area contributed by atoms with E-state index in [2.05, 4.69) is 16.3 Å². The predicted molar refractivity (Wildman–Crippen MR) is 105 cm³/mol. The first kappa shape index (κ1) is 19.8. The summed E-state index contributed by atoms with van der Waals surface area (Å²) < 4.78 is 5.00. The number of carbonyl (C=O) groups is 2. The largest absolute Gasteiger partial charge is 0.465 e. The fourth-order valence-electron chi connectivity index (χ4n) is 3.99. The van der Waals surface area contributed by atoms with Crippen LogP contribution in [0.4, 0.5) is 5.00 Å². The lowest BCUT2D eigenvalue weighted by Crippen LogP contribution is -2.38. The summed E-state index contributed by atoms with van der Waals surface area (Å²) in [5.41, 5.74) is 1.64. The highest BCUT2D eigenvalue weighted by Gasteiger charge is 2.29. The van der Waals surface area contributed by atoms with Crippen molar-refractivity contribution in [3.8, 4) is 6.07 Å². The second-order valence-corrected chi connectivity index (χ2v) is 8.38. The van der Waals surface area contributed by atoms with E-state index in [1.54, 1.807) is 11.3 Å². The van der Waals surface area contributed by atoms with E-state index < -0.39 is 0 Å². The van der Waals surface area contributed by atoms with Crippen LogP contribution >= 0.6 is 11.3 Å². The van der Waals surface area contributed by atoms with Crippen LogP contribution in [0.3, 0.4) is 0 Å². The lowest BCUT2D eigenvalue weighted by molar-refractivity contribution is -0.121. The zero-order valence-electron chi connectivity index (χ0n) is 15.9. The number of nitriles is 1. The molecule has 1 N–H and O–H groups in total. The zero-order valence-corrected chi connectivity index (χ0v) is 16.7. The lowest BCUT2D eigenvalue weighted by Gasteiger charge is -2.30. The van der Waals surface area contributed by atoms with Gasteiger partial charge in [0.1, 0.15) is 5.00 Å². The van der Waals surface area contributed by atoms with Crippen LogP contribution in [0, 0.1) is 17.2 Å². The average molecular weight is 390 g/mol. The van der Waals surface area contributed by atoms with Gasteiger partial charge >= 0.3 is 5.97 Å². The summed E-state index contributed by atoms with van der Waals surface area (Å²) in [7, 11) is 1.39. The summed E-state index contributed by atoms with van der Waals surface area (Å²) in [6.45, 7) is 2.45. The highest BCUT2D eigenvalue weighted by atomic mass is 32.1. The second kappa shape index (κ2) is 9.34. The lowest BCUT2D eigenvalue weighted by atomic mass is 9.95. The van der Waals surface area contributed by atoms with Crippen LogP contribution < -0.4 is 5.32 Å². The molecule has 27 heavy (non-hydrogen) atoms. The van der Waals surface area contributed by atoms with E-state index in [9.17, 15) is 9.59 Å². The number of thiophene rings is 1. The number of nitrogens with one attached hydrogen (secondary N) is 1. The fourth-order valence-corrected chi connectivity index (χ4v) is 5.27. The van der Waals surface area contributed by atoms with Gasteiger partial charge in [0.2, 0.25) is 5.91 Å². The number of rotatable bonds is 5. The third kappa shape index (κ3) is 4.69. The summed E-state index contributed by atoms with van der Waals surface area (Å²) in [5.74, 6) is -0.400. The Balaban J connectivity index is 1.69. The molecule has 0 radical (unpaired) electrons. The van der Waals surface area contributed by atoms with Crippen molar-refractivity contribution in [1.82, 2.24) is 4.90 Å². The van der Waals surface area contributed by atoms with E-state index in [1.165, 1.54) is 18.4 Å². The predicted octanol–water partition coefficient (Wildman–Crippen LogP) is 3.37. The van der Waals surface area contributed by atoms with Crippen molar-refractivity contribution in [2.24, 2.45) is 5.92 Å². The quantitative estimate of drug-likeness (QED) is 0.617. The number of methoxy groups -OCH3 is 1. The first-order valence-electron chi connectivity index (χ1n) is 9.77. The van der Waals surface area contributed by atoms with Crippen molar-refractivity contribution in [3.63, 3.8) is 0 Å². The Hall–Kier alpha value is -1.91. The highest BCUT2D eigenvalue weighted by Crippen LogP contribution is 2.38. The molecule has 0 spiro atoms. The number of hydrogen-bond donors (Lipinski definition) is 1. The van der Waals surface area contributed by atoms with Crippen LogP contribution in [0.5, 0.6) is 0 Å². The van der Waals surface area contributed by atoms with Crippen LogP contribution in [-0.2, 0) is 22.4 Å². The van der Waals surface area contributed by atoms with Crippen LogP contribution in [0.25, 0.3) is 0 Å². The minimum absolute atomic E-state index is 0.00324. The van der Waals surface area contributed by atoms with E-state index in [1.807, 2.05) is 0 Å². The van der Waals surface area contributed by atoms with Crippen LogP contribution in [0.15, 0.2) is 0 Å². The molecule has 1 fully saturated rings. The molecule has 6 nitrogen and oxygen atoms in total. The van der Waals surface area contributed by atoms with E-state index in [0.29, 0.717) is 17.0 Å². The van der Waals surface area contributed by atoms with E-state index >= 15 is 0 Å². The van der Waals surface area contributed by atoms with Gasteiger partial charge in [-0.15, -0.1) is 11.3 Å². The van der Waals surface area contributed by atoms with Crippen LogP contribution in [-0.4, -0.2) is 43.5 Å². The Morgan fingerprint density at radius 2 is 2.00 bits per heavy atom. The van der Waals surface area contributed by atoms with Gasteiger partial charge in [0.15, 0.2) is 0 Å². The van der Waals surface area contributed by atoms with Crippen molar-refractivity contribution in [1.29, 1.82) is 5.26 Å². The Labute approximate surface area is 164 Å². The van der Waals surface area contributed by atoms with Crippen LogP contribution in [0.2, 0.25) is 0 Å². The molecule has 2 aliphatic rings. The number of aryl methyl sites for hydroxylation is 1. The van der Waals surface area contributed by atoms with Gasteiger partial charge in [0.05, 0.1) is 18.7 Å². The summed E-state index contributed by atoms with van der Waals surface area (Å²) in [6.07, 6.45) is 7.32. The molecule has 1 aromatic rings. The fraction of sp³-hybridized carbons (Fsp3) is 0.650. The average Bonchev–Trinajstić information content (AvgIpc) is 2.86. The first-order valence-corrected chi connectivity index (χ1v) is 10.6. The Bertz CT molecular complexity index is 730. The van der Waals surface area contributed by atoms with Crippen molar-refractivity contribution in [2.75, 3.05) is 32.1 Å². The number of ether oxygens (including phenoxy) is 1. The van der Waals surface area contributed by atoms with Gasteiger partial charge in [0.25, 0.3) is 0 Å². The molecule has 0 saturated carbocycles. The number of fused-ring (bicyclic) bond motifs is 1. The molecule has 146 valence electrons. The molecule has 1 aromatic heterocycles. The van der Waals surface area contributed by atoms with E-state index in [-0.39, 0.29) is 17.8 Å². The molecule has 3 rings (SSSR count). The molecule has 7 heteroatoms. The number of nitrogens with zero attached hydrogens (tertiary/aromatic N) is 2. The topological polar surface area (TPSA) is 82.4 Å². The SMILES string of the molecule is COC(=O)c1c(NC(=O)C2CCN(CCC#N)CC2)sc2c1CCCCC2. The minimum Gasteiger partial charge on any atom is -0.465 e.